The van der Waals surface area contributed by atoms with Crippen LogP contribution in [-0.2, 0) is 7.05 Å². The Labute approximate surface area is 89.7 Å². The monoisotopic (exact) mass is 207 g/mol. The molecule has 0 aliphatic carbocycles. The van der Waals surface area contributed by atoms with Crippen LogP contribution in [0.25, 0.3) is 0 Å². The molecule has 0 aromatic carbocycles. The number of nitrogens with zero attached hydrogens (tertiary/aromatic N) is 2. The number of Topliss-reactive ketones (excluding diaryl/α,β-unsaturated/α-hetero) is 1. The van der Waals surface area contributed by atoms with Crippen molar-refractivity contribution in [3.63, 3.8) is 0 Å². The summed E-state index contributed by atoms with van der Waals surface area (Å²) >= 11 is 0. The summed E-state index contributed by atoms with van der Waals surface area (Å²) in [5.74, 6) is 0.213. The Kier molecular flexibility index (Phi) is 2.38. The standard InChI is InChI=1S/C11H17N3O/c1-8-6-13-14(3)9(8)10(15)11(2)4-5-12-7-11/h6,12H,4-5,7H2,1-3H3. The molecule has 0 radical (unpaired) electrons. The van der Waals surface area contributed by atoms with Crippen LogP contribution >= 0.6 is 0 Å². The van der Waals surface area contributed by atoms with Crippen LogP contribution < -0.4 is 5.32 Å². The minimum Gasteiger partial charge on any atom is -0.316 e. The Morgan fingerprint density at radius 1 is 1.67 bits per heavy atom. The highest BCUT2D eigenvalue weighted by Crippen LogP contribution is 2.29. The largest absolute Gasteiger partial charge is 0.316 e. The van der Waals surface area contributed by atoms with Crippen LogP contribution in [0.2, 0.25) is 0 Å². The van der Waals surface area contributed by atoms with Crippen molar-refractivity contribution in [2.24, 2.45) is 12.5 Å². The SMILES string of the molecule is Cc1cnn(C)c1C(=O)C1(C)CCNC1. The molecule has 1 aliphatic heterocycles. The lowest BCUT2D eigenvalue weighted by atomic mass is 9.82. The molecule has 1 aliphatic rings. The average molecular weight is 207 g/mol. The molecule has 1 saturated heterocycles. The van der Waals surface area contributed by atoms with Gasteiger partial charge in [-0.2, -0.15) is 5.10 Å². The van der Waals surface area contributed by atoms with E-state index in [0.29, 0.717) is 0 Å². The predicted molar refractivity (Wildman–Crippen MR) is 57.9 cm³/mol. The highest BCUT2D eigenvalue weighted by Gasteiger charge is 2.38. The first-order chi connectivity index (χ1) is 7.04. The van der Waals surface area contributed by atoms with Gasteiger partial charge in [0.2, 0.25) is 0 Å². The highest BCUT2D eigenvalue weighted by atomic mass is 16.1. The van der Waals surface area contributed by atoms with Crippen LogP contribution in [-0.4, -0.2) is 28.7 Å². The van der Waals surface area contributed by atoms with Gasteiger partial charge in [0.15, 0.2) is 5.78 Å². The van der Waals surface area contributed by atoms with E-state index in [0.717, 1.165) is 30.8 Å². The van der Waals surface area contributed by atoms with E-state index in [9.17, 15) is 4.79 Å². The van der Waals surface area contributed by atoms with Crippen LogP contribution in [0, 0.1) is 12.3 Å². The zero-order valence-corrected chi connectivity index (χ0v) is 9.50. The Balaban J connectivity index is 2.35. The molecule has 82 valence electrons. The molecule has 1 N–H and O–H groups in total. The molecule has 1 unspecified atom stereocenters. The first-order valence-corrected chi connectivity index (χ1v) is 5.29. The lowest BCUT2D eigenvalue weighted by molar-refractivity contribution is 0.0828. The van der Waals surface area contributed by atoms with E-state index < -0.39 is 0 Å². The minimum absolute atomic E-state index is 0.213. The van der Waals surface area contributed by atoms with Crippen LogP contribution in [0.5, 0.6) is 0 Å². The van der Waals surface area contributed by atoms with E-state index in [-0.39, 0.29) is 11.2 Å². The zero-order chi connectivity index (χ0) is 11.1. The van der Waals surface area contributed by atoms with Crippen LogP contribution in [0.4, 0.5) is 0 Å². The van der Waals surface area contributed by atoms with Gasteiger partial charge in [0.05, 0.1) is 6.20 Å². The maximum Gasteiger partial charge on any atom is 0.188 e. The second kappa shape index (κ2) is 3.45. The van der Waals surface area contributed by atoms with Crippen molar-refractivity contribution >= 4 is 5.78 Å². The molecule has 0 saturated carbocycles. The van der Waals surface area contributed by atoms with Crippen molar-refractivity contribution in [2.45, 2.75) is 20.3 Å². The van der Waals surface area contributed by atoms with Crippen LogP contribution in [0.15, 0.2) is 6.20 Å². The van der Waals surface area contributed by atoms with E-state index in [1.165, 1.54) is 0 Å². The lowest BCUT2D eigenvalue weighted by Gasteiger charge is -2.21. The summed E-state index contributed by atoms with van der Waals surface area (Å²) in [4.78, 5) is 12.4. The number of carbonyl (C=O) groups excluding carboxylic acids is 1. The summed E-state index contributed by atoms with van der Waals surface area (Å²) in [5.41, 5.74) is 1.47. The third-order valence-electron chi connectivity index (χ3n) is 3.25. The second-order valence-electron chi connectivity index (χ2n) is 4.62. The Hall–Kier alpha value is -1.16. The summed E-state index contributed by atoms with van der Waals surface area (Å²) in [6, 6.07) is 0. The third-order valence-corrected chi connectivity index (χ3v) is 3.25. The number of aromatic nitrogens is 2. The molecule has 0 amide bonds. The topological polar surface area (TPSA) is 46.9 Å². The Morgan fingerprint density at radius 2 is 2.40 bits per heavy atom. The van der Waals surface area contributed by atoms with Gasteiger partial charge < -0.3 is 5.32 Å². The summed E-state index contributed by atoms with van der Waals surface area (Å²) in [5, 5.41) is 7.36. The van der Waals surface area contributed by atoms with Crippen LogP contribution in [0.1, 0.15) is 29.4 Å². The van der Waals surface area contributed by atoms with Gasteiger partial charge >= 0.3 is 0 Å². The van der Waals surface area contributed by atoms with Gasteiger partial charge in [0.25, 0.3) is 0 Å². The maximum atomic E-state index is 12.4. The molecule has 1 aromatic rings. The molecule has 2 heterocycles. The van der Waals surface area contributed by atoms with Crippen LogP contribution in [0.3, 0.4) is 0 Å². The molecule has 4 nitrogen and oxygen atoms in total. The van der Waals surface area contributed by atoms with E-state index in [1.54, 1.807) is 10.9 Å². The van der Waals surface area contributed by atoms with E-state index in [2.05, 4.69) is 10.4 Å². The molecular formula is C11H17N3O. The molecule has 4 heteroatoms. The van der Waals surface area contributed by atoms with Gasteiger partial charge in [-0.25, -0.2) is 0 Å². The first-order valence-electron chi connectivity index (χ1n) is 5.29. The fraction of sp³-hybridized carbons (Fsp3) is 0.636. The maximum absolute atomic E-state index is 12.4. The number of hydrogen-bond donors (Lipinski definition) is 1. The van der Waals surface area contributed by atoms with Crippen molar-refractivity contribution in [2.75, 3.05) is 13.1 Å². The molecule has 15 heavy (non-hydrogen) atoms. The molecule has 1 fully saturated rings. The normalized spacial score (nSPS) is 25.8. The van der Waals surface area contributed by atoms with Gasteiger partial charge in [-0.1, -0.05) is 6.92 Å². The van der Waals surface area contributed by atoms with Gasteiger partial charge in [-0.05, 0) is 25.5 Å². The van der Waals surface area contributed by atoms with Crippen molar-refractivity contribution in [1.29, 1.82) is 0 Å². The lowest BCUT2D eigenvalue weighted by Crippen LogP contribution is -2.32. The Bertz CT molecular complexity index is 369. The summed E-state index contributed by atoms with van der Waals surface area (Å²) < 4.78 is 1.68. The molecular weight excluding hydrogens is 190 g/mol. The van der Waals surface area contributed by atoms with Crippen molar-refractivity contribution in [3.05, 3.63) is 17.5 Å². The van der Waals surface area contributed by atoms with Gasteiger partial charge in [-0.3, -0.25) is 9.48 Å². The van der Waals surface area contributed by atoms with Crippen molar-refractivity contribution in [1.82, 2.24) is 15.1 Å². The highest BCUT2D eigenvalue weighted by molar-refractivity contribution is 6.00. The van der Waals surface area contributed by atoms with Gasteiger partial charge in [0, 0.05) is 19.0 Å². The Morgan fingerprint density at radius 3 is 2.87 bits per heavy atom. The molecule has 0 spiro atoms. The minimum atomic E-state index is -0.251. The summed E-state index contributed by atoms with van der Waals surface area (Å²) in [6.45, 7) is 5.67. The summed E-state index contributed by atoms with van der Waals surface area (Å²) in [6.07, 6.45) is 2.66. The molecule has 2 rings (SSSR count). The average Bonchev–Trinajstić information content (AvgIpc) is 2.75. The van der Waals surface area contributed by atoms with E-state index in [4.69, 9.17) is 0 Å². The number of nitrogens with one attached hydrogen (secondary N) is 1. The van der Waals surface area contributed by atoms with Crippen molar-refractivity contribution in [3.8, 4) is 0 Å². The number of hydrogen-bond acceptors (Lipinski definition) is 3. The molecule has 0 bridgehead atoms. The fourth-order valence-electron chi connectivity index (χ4n) is 2.17. The fourth-order valence-corrected chi connectivity index (χ4v) is 2.17. The van der Waals surface area contributed by atoms with E-state index in [1.807, 2.05) is 20.9 Å². The zero-order valence-electron chi connectivity index (χ0n) is 9.50. The van der Waals surface area contributed by atoms with Crippen molar-refractivity contribution < 1.29 is 4.79 Å². The number of ketones is 1. The second-order valence-corrected chi connectivity index (χ2v) is 4.62. The third kappa shape index (κ3) is 1.59. The molecule has 1 atom stereocenters. The van der Waals surface area contributed by atoms with Gasteiger partial charge in [-0.15, -0.1) is 0 Å². The molecule has 1 aromatic heterocycles. The smallest absolute Gasteiger partial charge is 0.188 e. The number of carbonyl (C=O) groups is 1. The predicted octanol–water partition coefficient (Wildman–Crippen LogP) is 0.911. The quantitative estimate of drug-likeness (QED) is 0.733. The number of aryl methyl sites for hydroxylation is 2. The van der Waals surface area contributed by atoms with Gasteiger partial charge in [0.1, 0.15) is 5.69 Å². The number of rotatable bonds is 2. The van der Waals surface area contributed by atoms with E-state index >= 15 is 0 Å². The first kappa shape index (κ1) is 10.4. The summed E-state index contributed by atoms with van der Waals surface area (Å²) in [7, 11) is 1.83.